The second kappa shape index (κ2) is 7.22. The Morgan fingerprint density at radius 3 is 1.80 bits per heavy atom. The third kappa shape index (κ3) is 5.36. The lowest BCUT2D eigenvalue weighted by molar-refractivity contribution is 0.645. The molecule has 0 N–H and O–H groups in total. The van der Waals surface area contributed by atoms with Gasteiger partial charge in [0.1, 0.15) is 0 Å². The van der Waals surface area contributed by atoms with Crippen LogP contribution in [0.25, 0.3) is 0 Å². The lowest BCUT2D eigenvalue weighted by Crippen LogP contribution is -1.91. The molecule has 0 atom stereocenters. The first kappa shape index (κ1) is 13.9. The van der Waals surface area contributed by atoms with Crippen LogP contribution in [0.1, 0.15) is 37.5 Å². The Labute approximate surface area is 92.8 Å². The Kier molecular flexibility index (Phi) is 6.68. The number of hydrogen-bond donors (Lipinski definition) is 0. The molecule has 0 nitrogen and oxygen atoms in total. The molecule has 0 saturated heterocycles. The number of halogens is 1. The molecule has 0 heterocycles. The average molecular weight is 208 g/mol. The third-order valence-corrected chi connectivity index (χ3v) is 2.32. The summed E-state index contributed by atoms with van der Waals surface area (Å²) in [6, 6.07) is 6.59. The zero-order valence-electron chi connectivity index (χ0n) is 10.2. The van der Waals surface area contributed by atoms with E-state index in [2.05, 4.69) is 45.5 Å². The van der Waals surface area contributed by atoms with Crippen molar-refractivity contribution in [3.8, 4) is 0 Å². The van der Waals surface area contributed by atoms with Crippen molar-refractivity contribution in [2.45, 2.75) is 40.5 Å². The minimum absolute atomic E-state index is 0.333. The van der Waals surface area contributed by atoms with E-state index in [4.69, 9.17) is 0 Å². The molecular weight excluding hydrogens is 187 g/mol. The standard InChI is InChI=1S/C11H16.C3H5F/c1-4-10-7-6-8-11(5-2)9(10)3;1-3(2)4/h6-8H,4-5H2,1-3H3;1H2,2H3. The molecule has 0 unspecified atom stereocenters. The monoisotopic (exact) mass is 208 g/mol. The SMILES string of the molecule is C=C(C)F.CCc1cccc(CC)c1C. The molecule has 0 aliphatic heterocycles. The normalized spacial score (nSPS) is 9.13. The van der Waals surface area contributed by atoms with E-state index in [9.17, 15) is 4.39 Å². The highest BCUT2D eigenvalue weighted by Gasteiger charge is 1.98. The number of benzene rings is 1. The highest BCUT2D eigenvalue weighted by Crippen LogP contribution is 2.14. The summed E-state index contributed by atoms with van der Waals surface area (Å²) in [7, 11) is 0. The number of aryl methyl sites for hydroxylation is 2. The summed E-state index contributed by atoms with van der Waals surface area (Å²) in [6.07, 6.45) is 2.30. The predicted octanol–water partition coefficient (Wildman–Crippen LogP) is 4.61. The van der Waals surface area contributed by atoms with Crippen LogP contribution < -0.4 is 0 Å². The van der Waals surface area contributed by atoms with Gasteiger partial charge in [-0.05, 0) is 43.4 Å². The Hall–Kier alpha value is -1.11. The fraction of sp³-hybridized carbons (Fsp3) is 0.429. The van der Waals surface area contributed by atoms with Crippen LogP contribution in [0.5, 0.6) is 0 Å². The first-order valence-corrected chi connectivity index (χ1v) is 5.41. The van der Waals surface area contributed by atoms with Gasteiger partial charge in [-0.15, -0.1) is 0 Å². The summed E-state index contributed by atoms with van der Waals surface area (Å²) >= 11 is 0. The van der Waals surface area contributed by atoms with Crippen molar-refractivity contribution in [1.82, 2.24) is 0 Å². The van der Waals surface area contributed by atoms with Crippen LogP contribution in [0, 0.1) is 6.92 Å². The number of hydrogen-bond acceptors (Lipinski definition) is 0. The van der Waals surface area contributed by atoms with Crippen molar-refractivity contribution in [2.24, 2.45) is 0 Å². The van der Waals surface area contributed by atoms with E-state index in [1.165, 1.54) is 23.6 Å². The molecular formula is C14H21F. The van der Waals surface area contributed by atoms with Crippen molar-refractivity contribution < 1.29 is 4.39 Å². The zero-order valence-corrected chi connectivity index (χ0v) is 10.2. The molecule has 0 saturated carbocycles. The van der Waals surface area contributed by atoms with Gasteiger partial charge < -0.3 is 0 Å². The van der Waals surface area contributed by atoms with Gasteiger partial charge in [-0.3, -0.25) is 0 Å². The van der Waals surface area contributed by atoms with Crippen LogP contribution in [0.2, 0.25) is 0 Å². The van der Waals surface area contributed by atoms with E-state index in [-0.39, 0.29) is 5.83 Å². The molecule has 1 aromatic rings. The van der Waals surface area contributed by atoms with Crippen molar-refractivity contribution in [2.75, 3.05) is 0 Å². The van der Waals surface area contributed by atoms with Gasteiger partial charge in [-0.25, -0.2) is 4.39 Å². The van der Waals surface area contributed by atoms with Gasteiger partial charge >= 0.3 is 0 Å². The summed E-state index contributed by atoms with van der Waals surface area (Å²) in [5.74, 6) is -0.333. The molecule has 0 aliphatic rings. The fourth-order valence-electron chi connectivity index (χ4n) is 1.50. The van der Waals surface area contributed by atoms with Crippen LogP contribution >= 0.6 is 0 Å². The van der Waals surface area contributed by atoms with Crippen molar-refractivity contribution in [3.05, 3.63) is 47.3 Å². The smallest absolute Gasteiger partial charge is 0.0897 e. The van der Waals surface area contributed by atoms with Gasteiger partial charge in [0.15, 0.2) is 0 Å². The Balaban J connectivity index is 0.000000423. The maximum atomic E-state index is 10.8. The first-order valence-electron chi connectivity index (χ1n) is 5.41. The topological polar surface area (TPSA) is 0 Å². The Morgan fingerprint density at radius 1 is 1.20 bits per heavy atom. The summed E-state index contributed by atoms with van der Waals surface area (Å²) in [6.45, 7) is 10.8. The van der Waals surface area contributed by atoms with Gasteiger partial charge in [-0.1, -0.05) is 38.6 Å². The van der Waals surface area contributed by atoms with Gasteiger partial charge in [0.2, 0.25) is 0 Å². The fourth-order valence-corrected chi connectivity index (χ4v) is 1.50. The van der Waals surface area contributed by atoms with E-state index in [0.717, 1.165) is 12.8 Å². The minimum atomic E-state index is -0.333. The summed E-state index contributed by atoms with van der Waals surface area (Å²) < 4.78 is 10.8. The number of rotatable bonds is 2. The highest BCUT2D eigenvalue weighted by atomic mass is 19.1. The van der Waals surface area contributed by atoms with Crippen molar-refractivity contribution >= 4 is 0 Å². The molecule has 0 bridgehead atoms. The van der Waals surface area contributed by atoms with Crippen LogP contribution in [-0.4, -0.2) is 0 Å². The van der Waals surface area contributed by atoms with E-state index in [1.807, 2.05) is 0 Å². The average Bonchev–Trinajstić information content (AvgIpc) is 2.17. The van der Waals surface area contributed by atoms with Crippen LogP contribution in [0.15, 0.2) is 30.6 Å². The molecule has 0 aromatic heterocycles. The molecule has 15 heavy (non-hydrogen) atoms. The summed E-state index contributed by atoms with van der Waals surface area (Å²) in [4.78, 5) is 0. The lowest BCUT2D eigenvalue weighted by atomic mass is 9.99. The molecule has 1 heteroatoms. The van der Waals surface area contributed by atoms with Gasteiger partial charge in [0, 0.05) is 0 Å². The van der Waals surface area contributed by atoms with E-state index >= 15 is 0 Å². The molecule has 0 amide bonds. The molecule has 0 fully saturated rings. The van der Waals surface area contributed by atoms with Gasteiger partial charge in [0.25, 0.3) is 0 Å². The summed E-state index contributed by atoms with van der Waals surface area (Å²) in [5.41, 5.74) is 4.46. The zero-order chi connectivity index (χ0) is 11.8. The lowest BCUT2D eigenvalue weighted by Gasteiger charge is -2.06. The third-order valence-electron chi connectivity index (χ3n) is 2.32. The van der Waals surface area contributed by atoms with Crippen LogP contribution in [-0.2, 0) is 12.8 Å². The van der Waals surface area contributed by atoms with E-state index < -0.39 is 0 Å². The van der Waals surface area contributed by atoms with Gasteiger partial charge in [-0.2, -0.15) is 0 Å². The quantitative estimate of drug-likeness (QED) is 0.665. The van der Waals surface area contributed by atoms with Crippen LogP contribution in [0.4, 0.5) is 4.39 Å². The highest BCUT2D eigenvalue weighted by molar-refractivity contribution is 5.33. The molecule has 1 aromatic carbocycles. The van der Waals surface area contributed by atoms with E-state index in [1.54, 1.807) is 0 Å². The minimum Gasteiger partial charge on any atom is -0.213 e. The maximum absolute atomic E-state index is 10.8. The molecule has 0 aliphatic carbocycles. The predicted molar refractivity (Wildman–Crippen MR) is 65.9 cm³/mol. The molecule has 84 valence electrons. The van der Waals surface area contributed by atoms with Crippen molar-refractivity contribution in [1.29, 1.82) is 0 Å². The maximum Gasteiger partial charge on any atom is 0.0897 e. The van der Waals surface area contributed by atoms with E-state index in [0.29, 0.717) is 0 Å². The Morgan fingerprint density at radius 2 is 1.53 bits per heavy atom. The Bertz CT molecular complexity index is 287. The second-order valence-electron chi connectivity index (χ2n) is 3.58. The largest absolute Gasteiger partial charge is 0.213 e. The van der Waals surface area contributed by atoms with Crippen LogP contribution in [0.3, 0.4) is 0 Å². The van der Waals surface area contributed by atoms with Crippen molar-refractivity contribution in [3.63, 3.8) is 0 Å². The molecule has 0 radical (unpaired) electrons. The summed E-state index contributed by atoms with van der Waals surface area (Å²) in [5, 5.41) is 0. The molecule has 1 rings (SSSR count). The van der Waals surface area contributed by atoms with Gasteiger partial charge in [0.05, 0.1) is 5.83 Å². The first-order chi connectivity index (χ1) is 7.02. The number of allylic oxidation sites excluding steroid dienone is 1. The second-order valence-corrected chi connectivity index (χ2v) is 3.58. The molecule has 0 spiro atoms.